The predicted molar refractivity (Wildman–Crippen MR) is 34.9 cm³/mol. The first kappa shape index (κ1) is 14.0. The molecule has 0 spiro atoms. The van der Waals surface area contributed by atoms with Crippen LogP contribution < -0.4 is 35.3 Å². The van der Waals surface area contributed by atoms with E-state index in [4.69, 9.17) is 15.7 Å². The van der Waals surface area contributed by atoms with Crippen LogP contribution in [0.1, 0.15) is 6.42 Å². The Morgan fingerprint density at radius 2 is 2.09 bits per heavy atom. The molecule has 0 aromatic heterocycles. The van der Waals surface area contributed by atoms with E-state index in [0.717, 1.165) is 0 Å². The number of nitrogens with two attached hydrogens (primary N) is 1. The van der Waals surface area contributed by atoms with E-state index < -0.39 is 20.0 Å². The van der Waals surface area contributed by atoms with Crippen LogP contribution in [0.15, 0.2) is 0 Å². The second-order valence-corrected chi connectivity index (χ2v) is 2.96. The molecule has 7 heteroatoms. The molecule has 0 fully saturated rings. The van der Waals surface area contributed by atoms with Gasteiger partial charge in [-0.15, -0.1) is 0 Å². The van der Waals surface area contributed by atoms with Crippen LogP contribution in [0.4, 0.5) is 0 Å². The number of carboxylic acids is 1. The van der Waals surface area contributed by atoms with Gasteiger partial charge in [0, 0.05) is 6.42 Å². The number of aliphatic carboxylic acids is 1. The Kier molecular flexibility index (Phi) is 9.13. The number of carboxylic acid groups (broad SMARTS) is 1. The second kappa shape index (κ2) is 7.16. The molecule has 5 nitrogen and oxygen atoms in total. The summed E-state index contributed by atoms with van der Waals surface area (Å²) in [5.41, 5.74) is 5.03. The maximum absolute atomic E-state index is 10.0. The van der Waals surface area contributed by atoms with Gasteiger partial charge in [-0.25, -0.2) is 0 Å². The average molecular weight is 189 g/mol. The summed E-state index contributed by atoms with van der Waals surface area (Å²) >= 11 is 0. The van der Waals surface area contributed by atoms with Gasteiger partial charge in [0.1, 0.15) is 6.04 Å². The van der Waals surface area contributed by atoms with Gasteiger partial charge in [0.05, 0.1) is 0 Å². The Hall–Kier alpha value is 0.490. The SMILES string of the molecule is N[C@H](CC[P+](=O)O)C(=O)O.[Na+]. The van der Waals surface area contributed by atoms with Crippen molar-refractivity contribution in [1.29, 1.82) is 0 Å². The van der Waals surface area contributed by atoms with Gasteiger partial charge in [-0.05, 0) is 4.57 Å². The zero-order valence-electron chi connectivity index (χ0n) is 6.23. The van der Waals surface area contributed by atoms with Crippen molar-refractivity contribution in [3.63, 3.8) is 0 Å². The molecule has 2 atom stereocenters. The van der Waals surface area contributed by atoms with E-state index in [9.17, 15) is 9.36 Å². The quantitative estimate of drug-likeness (QED) is 0.315. The first-order valence-corrected chi connectivity index (χ1v) is 4.05. The summed E-state index contributed by atoms with van der Waals surface area (Å²) in [4.78, 5) is 18.3. The third-order valence-electron chi connectivity index (χ3n) is 0.949. The minimum absolute atomic E-state index is 0. The summed E-state index contributed by atoms with van der Waals surface area (Å²) < 4.78 is 10.0. The van der Waals surface area contributed by atoms with Gasteiger partial charge < -0.3 is 10.8 Å². The molecule has 0 saturated carbocycles. The summed E-state index contributed by atoms with van der Waals surface area (Å²) in [7, 11) is -2.25. The van der Waals surface area contributed by atoms with Crippen molar-refractivity contribution in [2.24, 2.45) is 5.73 Å². The summed E-state index contributed by atoms with van der Waals surface area (Å²) in [5, 5.41) is 8.19. The fourth-order valence-corrected chi connectivity index (χ4v) is 0.872. The van der Waals surface area contributed by atoms with E-state index in [1.54, 1.807) is 0 Å². The molecule has 0 amide bonds. The molecular formula is C4H9NNaO4P+2. The molecule has 0 bridgehead atoms. The van der Waals surface area contributed by atoms with Gasteiger partial charge in [-0.3, -0.25) is 4.79 Å². The van der Waals surface area contributed by atoms with Gasteiger partial charge in [0.15, 0.2) is 6.16 Å². The van der Waals surface area contributed by atoms with Gasteiger partial charge in [0.2, 0.25) is 0 Å². The number of hydrogen-bond donors (Lipinski definition) is 3. The zero-order valence-corrected chi connectivity index (χ0v) is 9.12. The zero-order chi connectivity index (χ0) is 8.15. The molecule has 1 unspecified atom stereocenters. The van der Waals surface area contributed by atoms with Crippen LogP contribution in [0.25, 0.3) is 0 Å². The molecule has 0 aromatic carbocycles. The summed E-state index contributed by atoms with van der Waals surface area (Å²) in [5.74, 6) is -1.14. The van der Waals surface area contributed by atoms with E-state index in [2.05, 4.69) is 0 Å². The van der Waals surface area contributed by atoms with E-state index >= 15 is 0 Å². The Morgan fingerprint density at radius 3 is 2.36 bits per heavy atom. The maximum Gasteiger partial charge on any atom is 1.00 e. The molecule has 0 aliphatic rings. The van der Waals surface area contributed by atoms with Crippen LogP contribution in [-0.2, 0) is 9.36 Å². The number of rotatable bonds is 4. The molecule has 0 heterocycles. The Morgan fingerprint density at radius 1 is 1.64 bits per heavy atom. The van der Waals surface area contributed by atoms with E-state index in [1.807, 2.05) is 0 Å². The molecule has 0 aromatic rings. The van der Waals surface area contributed by atoms with Crippen molar-refractivity contribution >= 4 is 14.0 Å². The number of hydrogen-bond acceptors (Lipinski definition) is 3. The molecule has 0 rings (SSSR count). The Labute approximate surface area is 87.1 Å². The first-order chi connectivity index (χ1) is 4.54. The van der Waals surface area contributed by atoms with Crippen LogP contribution in [0, 0.1) is 0 Å². The minimum atomic E-state index is -2.25. The molecule has 58 valence electrons. The first-order valence-electron chi connectivity index (χ1n) is 2.66. The fraction of sp³-hybridized carbons (Fsp3) is 0.750. The second-order valence-electron chi connectivity index (χ2n) is 1.81. The molecule has 0 radical (unpaired) electrons. The van der Waals surface area contributed by atoms with Crippen LogP contribution in [0.5, 0.6) is 0 Å². The van der Waals surface area contributed by atoms with Crippen LogP contribution in [0.2, 0.25) is 0 Å². The van der Waals surface area contributed by atoms with Crippen LogP contribution >= 0.6 is 8.03 Å². The molecule has 0 aliphatic carbocycles. The summed E-state index contributed by atoms with van der Waals surface area (Å²) in [6.07, 6.45) is -0.0101. The average Bonchev–Trinajstić information content (AvgIpc) is 1.82. The molecule has 0 saturated heterocycles. The Balaban J connectivity index is 0. The smallest absolute Gasteiger partial charge is 0.480 e. The van der Waals surface area contributed by atoms with E-state index in [1.165, 1.54) is 0 Å². The Bertz CT molecular complexity index is 153. The standard InChI is InChI=1S/C4H8NO4P.Na/c5-3(4(6)7)1-2-10(8)9;/h3H,1-2,5H2,(H-,6,7,8,9);/q;+1/p+1/t3-;/m1./s1. The molecule has 11 heavy (non-hydrogen) atoms. The normalized spacial score (nSPS) is 13.1. The monoisotopic (exact) mass is 189 g/mol. The third kappa shape index (κ3) is 8.40. The molecule has 0 aliphatic heterocycles. The van der Waals surface area contributed by atoms with Crippen LogP contribution in [0.3, 0.4) is 0 Å². The van der Waals surface area contributed by atoms with Crippen molar-refractivity contribution in [1.82, 2.24) is 0 Å². The predicted octanol–water partition coefficient (Wildman–Crippen LogP) is -3.47. The van der Waals surface area contributed by atoms with Crippen molar-refractivity contribution in [2.75, 3.05) is 6.16 Å². The van der Waals surface area contributed by atoms with Crippen molar-refractivity contribution in [3.05, 3.63) is 0 Å². The largest absolute Gasteiger partial charge is 1.00 e. The van der Waals surface area contributed by atoms with Gasteiger partial charge in [-0.2, -0.15) is 4.89 Å². The van der Waals surface area contributed by atoms with Gasteiger partial charge >= 0.3 is 43.6 Å². The summed E-state index contributed by atoms with van der Waals surface area (Å²) in [6, 6.07) is -1.02. The summed E-state index contributed by atoms with van der Waals surface area (Å²) in [6.45, 7) is 0. The van der Waals surface area contributed by atoms with Crippen molar-refractivity contribution in [2.45, 2.75) is 12.5 Å². The van der Waals surface area contributed by atoms with Gasteiger partial charge in [-0.1, -0.05) is 0 Å². The van der Waals surface area contributed by atoms with Crippen molar-refractivity contribution in [3.8, 4) is 0 Å². The van der Waals surface area contributed by atoms with Crippen molar-refractivity contribution < 1.29 is 48.9 Å². The van der Waals surface area contributed by atoms with E-state index in [0.29, 0.717) is 0 Å². The van der Waals surface area contributed by atoms with Gasteiger partial charge in [0.25, 0.3) is 0 Å². The number of carbonyl (C=O) groups is 1. The molecule has 4 N–H and O–H groups in total. The topological polar surface area (TPSA) is 101 Å². The van der Waals surface area contributed by atoms with E-state index in [-0.39, 0.29) is 42.1 Å². The van der Waals surface area contributed by atoms with Crippen LogP contribution in [-0.4, -0.2) is 28.2 Å². The minimum Gasteiger partial charge on any atom is -0.480 e. The fourth-order valence-electron chi connectivity index (χ4n) is 0.373. The third-order valence-corrected chi connectivity index (χ3v) is 1.59. The molecular weight excluding hydrogens is 180 g/mol. The maximum atomic E-state index is 10.0.